The van der Waals surface area contributed by atoms with Crippen molar-refractivity contribution in [3.63, 3.8) is 0 Å². The zero-order chi connectivity index (χ0) is 12.3. The molecule has 0 aliphatic heterocycles. The number of hydrogen-bond acceptors (Lipinski definition) is 6. The standard InChI is InChI=1S/C10H11N5O2/c1-6-14-15-10(17-6)13-9(16)7-3-4-8(11-2)12-5-7/h3-5H,1-2H3,(H,11,12)(H,13,15,16). The molecule has 2 aromatic heterocycles. The van der Waals surface area contributed by atoms with E-state index in [1.807, 2.05) is 0 Å². The predicted molar refractivity (Wildman–Crippen MR) is 60.8 cm³/mol. The topological polar surface area (TPSA) is 92.9 Å². The molecule has 0 atom stereocenters. The highest BCUT2D eigenvalue weighted by molar-refractivity contribution is 6.02. The first-order valence-corrected chi connectivity index (χ1v) is 4.94. The van der Waals surface area contributed by atoms with Gasteiger partial charge in [-0.25, -0.2) is 4.98 Å². The number of amides is 1. The van der Waals surface area contributed by atoms with E-state index in [-0.39, 0.29) is 11.9 Å². The minimum absolute atomic E-state index is 0.0743. The Morgan fingerprint density at radius 1 is 1.35 bits per heavy atom. The molecule has 0 saturated carbocycles. The number of aromatic nitrogens is 3. The van der Waals surface area contributed by atoms with Gasteiger partial charge in [-0.2, -0.15) is 0 Å². The van der Waals surface area contributed by atoms with Gasteiger partial charge in [0.05, 0.1) is 5.56 Å². The lowest BCUT2D eigenvalue weighted by Crippen LogP contribution is -2.12. The summed E-state index contributed by atoms with van der Waals surface area (Å²) in [7, 11) is 1.75. The second kappa shape index (κ2) is 4.60. The number of carbonyl (C=O) groups is 1. The highest BCUT2D eigenvalue weighted by Crippen LogP contribution is 2.08. The van der Waals surface area contributed by atoms with Gasteiger partial charge in [-0.3, -0.25) is 10.1 Å². The van der Waals surface area contributed by atoms with Crippen molar-refractivity contribution in [3.8, 4) is 0 Å². The van der Waals surface area contributed by atoms with Crippen molar-refractivity contribution < 1.29 is 9.21 Å². The van der Waals surface area contributed by atoms with Crippen molar-refractivity contribution in [1.82, 2.24) is 15.2 Å². The number of carbonyl (C=O) groups excluding carboxylic acids is 1. The molecule has 2 N–H and O–H groups in total. The van der Waals surface area contributed by atoms with Crippen LogP contribution in [0.4, 0.5) is 11.8 Å². The van der Waals surface area contributed by atoms with Crippen LogP contribution < -0.4 is 10.6 Å². The van der Waals surface area contributed by atoms with Gasteiger partial charge in [-0.15, -0.1) is 5.10 Å². The van der Waals surface area contributed by atoms with Crippen molar-refractivity contribution in [1.29, 1.82) is 0 Å². The van der Waals surface area contributed by atoms with E-state index >= 15 is 0 Å². The van der Waals surface area contributed by atoms with Gasteiger partial charge in [0, 0.05) is 20.2 Å². The summed E-state index contributed by atoms with van der Waals surface area (Å²) in [5.74, 6) is 0.739. The van der Waals surface area contributed by atoms with E-state index in [1.165, 1.54) is 6.20 Å². The number of anilines is 2. The number of hydrogen-bond donors (Lipinski definition) is 2. The first-order valence-electron chi connectivity index (χ1n) is 4.94. The number of aryl methyl sites for hydroxylation is 1. The second-order valence-corrected chi connectivity index (χ2v) is 3.26. The third kappa shape index (κ3) is 2.57. The highest BCUT2D eigenvalue weighted by Gasteiger charge is 2.10. The van der Waals surface area contributed by atoms with Crippen LogP contribution in [0.15, 0.2) is 22.7 Å². The molecule has 0 aliphatic rings. The van der Waals surface area contributed by atoms with E-state index in [1.54, 1.807) is 26.1 Å². The molecule has 7 heteroatoms. The zero-order valence-electron chi connectivity index (χ0n) is 9.39. The van der Waals surface area contributed by atoms with Crippen molar-refractivity contribution in [2.75, 3.05) is 17.7 Å². The second-order valence-electron chi connectivity index (χ2n) is 3.26. The molecule has 2 heterocycles. The van der Waals surface area contributed by atoms with E-state index in [2.05, 4.69) is 25.8 Å². The highest BCUT2D eigenvalue weighted by atomic mass is 16.4. The number of rotatable bonds is 3. The molecule has 0 spiro atoms. The summed E-state index contributed by atoms with van der Waals surface area (Å²) in [6.07, 6.45) is 1.46. The van der Waals surface area contributed by atoms with Crippen LogP contribution in [-0.4, -0.2) is 28.1 Å². The van der Waals surface area contributed by atoms with Crippen LogP contribution >= 0.6 is 0 Å². The summed E-state index contributed by atoms with van der Waals surface area (Å²) in [4.78, 5) is 15.8. The summed E-state index contributed by atoms with van der Waals surface area (Å²) in [6.45, 7) is 1.64. The minimum Gasteiger partial charge on any atom is -0.408 e. The van der Waals surface area contributed by atoms with Gasteiger partial charge in [0.1, 0.15) is 5.82 Å². The van der Waals surface area contributed by atoms with Crippen LogP contribution in [0, 0.1) is 6.92 Å². The molecular formula is C10H11N5O2. The quantitative estimate of drug-likeness (QED) is 0.823. The molecule has 0 aliphatic carbocycles. The summed E-state index contributed by atoms with van der Waals surface area (Å²) in [5.41, 5.74) is 0.417. The van der Waals surface area contributed by atoms with Gasteiger partial charge in [0.15, 0.2) is 0 Å². The fourth-order valence-corrected chi connectivity index (χ4v) is 1.19. The van der Waals surface area contributed by atoms with Crippen LogP contribution in [-0.2, 0) is 0 Å². The van der Waals surface area contributed by atoms with Crippen molar-refractivity contribution in [3.05, 3.63) is 29.8 Å². The van der Waals surface area contributed by atoms with Crippen LogP contribution in [0.2, 0.25) is 0 Å². The van der Waals surface area contributed by atoms with E-state index in [0.29, 0.717) is 17.3 Å². The van der Waals surface area contributed by atoms with Crippen LogP contribution in [0.25, 0.3) is 0 Å². The first-order chi connectivity index (χ1) is 8.19. The molecule has 1 amide bonds. The lowest BCUT2D eigenvalue weighted by Gasteiger charge is -2.01. The molecule has 0 fully saturated rings. The third-order valence-corrected chi connectivity index (χ3v) is 2.03. The van der Waals surface area contributed by atoms with E-state index in [9.17, 15) is 4.79 Å². The number of nitrogens with zero attached hydrogens (tertiary/aromatic N) is 3. The van der Waals surface area contributed by atoms with Gasteiger partial charge >= 0.3 is 6.01 Å². The fraction of sp³-hybridized carbons (Fsp3) is 0.200. The molecular weight excluding hydrogens is 222 g/mol. The monoisotopic (exact) mass is 233 g/mol. The minimum atomic E-state index is -0.344. The Bertz CT molecular complexity index is 520. The summed E-state index contributed by atoms with van der Waals surface area (Å²) in [6, 6.07) is 3.43. The third-order valence-electron chi connectivity index (χ3n) is 2.03. The van der Waals surface area contributed by atoms with Gasteiger partial charge in [0.2, 0.25) is 5.89 Å². The van der Waals surface area contributed by atoms with Gasteiger partial charge in [0.25, 0.3) is 5.91 Å². The Kier molecular flexibility index (Phi) is 2.99. The average molecular weight is 233 g/mol. The first kappa shape index (κ1) is 11.1. The lowest BCUT2D eigenvalue weighted by molar-refractivity contribution is 0.102. The molecule has 0 bridgehead atoms. The number of pyridine rings is 1. The fourth-order valence-electron chi connectivity index (χ4n) is 1.19. The smallest absolute Gasteiger partial charge is 0.322 e. The molecule has 17 heavy (non-hydrogen) atoms. The maximum absolute atomic E-state index is 11.7. The van der Waals surface area contributed by atoms with Crippen LogP contribution in [0.3, 0.4) is 0 Å². The largest absolute Gasteiger partial charge is 0.408 e. The van der Waals surface area contributed by atoms with Crippen molar-refractivity contribution in [2.45, 2.75) is 6.92 Å². The summed E-state index contributed by atoms with van der Waals surface area (Å²) < 4.78 is 5.03. The van der Waals surface area contributed by atoms with Gasteiger partial charge in [-0.05, 0) is 12.1 Å². The van der Waals surface area contributed by atoms with Crippen molar-refractivity contribution in [2.24, 2.45) is 0 Å². The SMILES string of the molecule is CNc1ccc(C(=O)Nc2nnc(C)o2)cn1. The summed E-state index contributed by atoms with van der Waals surface area (Å²) in [5, 5.41) is 12.6. The van der Waals surface area contributed by atoms with E-state index in [0.717, 1.165) is 0 Å². The Hall–Kier alpha value is -2.44. The van der Waals surface area contributed by atoms with Crippen LogP contribution in [0.1, 0.15) is 16.2 Å². The van der Waals surface area contributed by atoms with Gasteiger partial charge < -0.3 is 9.73 Å². The number of nitrogens with one attached hydrogen (secondary N) is 2. The molecule has 0 radical (unpaired) electrons. The van der Waals surface area contributed by atoms with E-state index in [4.69, 9.17) is 4.42 Å². The van der Waals surface area contributed by atoms with Crippen LogP contribution in [0.5, 0.6) is 0 Å². The molecule has 0 saturated heterocycles. The Morgan fingerprint density at radius 3 is 2.71 bits per heavy atom. The normalized spacial score (nSPS) is 10.0. The maximum Gasteiger partial charge on any atom is 0.322 e. The molecule has 2 rings (SSSR count). The lowest BCUT2D eigenvalue weighted by atomic mass is 10.2. The predicted octanol–water partition coefficient (Wildman–Crippen LogP) is 1.07. The van der Waals surface area contributed by atoms with E-state index < -0.39 is 0 Å². The Morgan fingerprint density at radius 2 is 2.18 bits per heavy atom. The molecule has 0 unspecified atom stereocenters. The van der Waals surface area contributed by atoms with Crippen molar-refractivity contribution >= 4 is 17.7 Å². The molecule has 7 nitrogen and oxygen atoms in total. The summed E-state index contributed by atoms with van der Waals surface area (Å²) >= 11 is 0. The molecule has 2 aromatic rings. The molecule has 0 aromatic carbocycles. The maximum atomic E-state index is 11.7. The molecule has 88 valence electrons. The Labute approximate surface area is 97.3 Å². The van der Waals surface area contributed by atoms with Gasteiger partial charge in [-0.1, -0.05) is 5.10 Å². The Balaban J connectivity index is 2.09. The zero-order valence-corrected chi connectivity index (χ0v) is 9.39. The average Bonchev–Trinajstić information content (AvgIpc) is 2.75.